The Hall–Kier alpha value is -2.32. The number of benzene rings is 2. The Labute approximate surface area is 152 Å². The highest BCUT2D eigenvalue weighted by Crippen LogP contribution is 2.29. The number of sulfonamides is 1. The van der Waals surface area contributed by atoms with Gasteiger partial charge in [-0.1, -0.05) is 6.07 Å². The van der Waals surface area contributed by atoms with Crippen molar-refractivity contribution in [2.75, 3.05) is 20.3 Å². The van der Waals surface area contributed by atoms with E-state index in [2.05, 4.69) is 4.72 Å². The summed E-state index contributed by atoms with van der Waals surface area (Å²) in [5.74, 6) is 0.536. The molecule has 142 valence electrons. The van der Waals surface area contributed by atoms with Crippen molar-refractivity contribution in [2.45, 2.75) is 25.3 Å². The van der Waals surface area contributed by atoms with Gasteiger partial charge in [0.25, 0.3) is 0 Å². The number of ether oxygens (including phenoxy) is 3. The topological polar surface area (TPSA) is 73.9 Å². The van der Waals surface area contributed by atoms with Crippen molar-refractivity contribution in [3.63, 3.8) is 0 Å². The van der Waals surface area contributed by atoms with E-state index in [9.17, 15) is 12.8 Å². The first-order chi connectivity index (χ1) is 12.4. The van der Waals surface area contributed by atoms with Crippen LogP contribution in [-0.4, -0.2) is 28.7 Å². The Bertz CT molecular complexity index is 855. The second-order valence-corrected chi connectivity index (χ2v) is 7.00. The normalized spacial score (nSPS) is 11.2. The largest absolute Gasteiger partial charge is 0.495 e. The molecule has 6 nitrogen and oxygen atoms in total. The molecule has 0 saturated carbocycles. The van der Waals surface area contributed by atoms with Crippen LogP contribution in [0.3, 0.4) is 0 Å². The molecule has 2 aromatic carbocycles. The third-order valence-corrected chi connectivity index (χ3v) is 4.91. The van der Waals surface area contributed by atoms with Gasteiger partial charge in [0.1, 0.15) is 16.5 Å². The van der Waals surface area contributed by atoms with E-state index >= 15 is 0 Å². The first kappa shape index (κ1) is 20.0. The fourth-order valence-corrected chi connectivity index (χ4v) is 3.52. The van der Waals surface area contributed by atoms with E-state index < -0.39 is 15.8 Å². The lowest BCUT2D eigenvalue weighted by molar-refractivity contribution is 0.287. The zero-order valence-electron chi connectivity index (χ0n) is 14.9. The Morgan fingerprint density at radius 1 is 0.962 bits per heavy atom. The molecule has 2 rings (SSSR count). The summed E-state index contributed by atoms with van der Waals surface area (Å²) in [6.07, 6.45) is 0. The maximum Gasteiger partial charge on any atom is 0.244 e. The molecule has 1 N–H and O–H groups in total. The first-order valence-corrected chi connectivity index (χ1v) is 9.61. The Kier molecular flexibility index (Phi) is 6.82. The molecule has 0 unspecified atom stereocenters. The average molecular weight is 383 g/mol. The minimum atomic E-state index is -3.96. The van der Waals surface area contributed by atoms with Gasteiger partial charge in [0.15, 0.2) is 11.5 Å². The smallest absolute Gasteiger partial charge is 0.244 e. The minimum absolute atomic E-state index is 0.00841. The number of hydrogen-bond acceptors (Lipinski definition) is 5. The molecular weight excluding hydrogens is 361 g/mol. The van der Waals surface area contributed by atoms with E-state index in [1.165, 1.54) is 13.2 Å². The highest BCUT2D eigenvalue weighted by atomic mass is 32.2. The van der Waals surface area contributed by atoms with Gasteiger partial charge in [-0.15, -0.1) is 0 Å². The molecule has 0 aliphatic rings. The van der Waals surface area contributed by atoms with Gasteiger partial charge in [-0.05, 0) is 49.7 Å². The number of rotatable bonds is 9. The second-order valence-electron chi connectivity index (χ2n) is 5.27. The molecule has 0 spiro atoms. The van der Waals surface area contributed by atoms with Crippen molar-refractivity contribution >= 4 is 10.0 Å². The molecule has 26 heavy (non-hydrogen) atoms. The highest BCUT2D eigenvalue weighted by Gasteiger charge is 2.20. The van der Waals surface area contributed by atoms with Crippen LogP contribution in [0, 0.1) is 5.82 Å². The fourth-order valence-electron chi connectivity index (χ4n) is 2.32. The average Bonchev–Trinajstić information content (AvgIpc) is 2.62. The van der Waals surface area contributed by atoms with E-state index in [0.29, 0.717) is 30.3 Å². The van der Waals surface area contributed by atoms with Crippen LogP contribution in [0.1, 0.15) is 19.4 Å². The van der Waals surface area contributed by atoms with Gasteiger partial charge in [0.2, 0.25) is 10.0 Å². The van der Waals surface area contributed by atoms with Crippen LogP contribution in [0.4, 0.5) is 4.39 Å². The predicted octanol–water partition coefficient (Wildman–Crippen LogP) is 3.11. The lowest BCUT2D eigenvalue weighted by Crippen LogP contribution is -2.24. The van der Waals surface area contributed by atoms with Crippen LogP contribution in [0.5, 0.6) is 17.2 Å². The van der Waals surface area contributed by atoms with Crippen molar-refractivity contribution in [1.82, 2.24) is 4.72 Å². The summed E-state index contributed by atoms with van der Waals surface area (Å²) in [5, 5.41) is 0. The van der Waals surface area contributed by atoms with Gasteiger partial charge in [-0.3, -0.25) is 0 Å². The third-order valence-electron chi connectivity index (χ3n) is 3.49. The van der Waals surface area contributed by atoms with Crippen molar-refractivity contribution in [1.29, 1.82) is 0 Å². The summed E-state index contributed by atoms with van der Waals surface area (Å²) >= 11 is 0. The molecule has 0 aliphatic carbocycles. The summed E-state index contributed by atoms with van der Waals surface area (Å²) in [4.78, 5) is -0.254. The lowest BCUT2D eigenvalue weighted by atomic mass is 10.2. The second kappa shape index (κ2) is 8.86. The fraction of sp³-hybridized carbons (Fsp3) is 0.333. The van der Waals surface area contributed by atoms with Crippen molar-refractivity contribution in [3.8, 4) is 17.2 Å². The molecule has 0 fully saturated rings. The first-order valence-electron chi connectivity index (χ1n) is 8.13. The Morgan fingerprint density at radius 2 is 1.62 bits per heavy atom. The zero-order chi connectivity index (χ0) is 19.2. The van der Waals surface area contributed by atoms with Gasteiger partial charge in [0.05, 0.1) is 20.3 Å². The summed E-state index contributed by atoms with van der Waals surface area (Å²) in [5.41, 5.74) is 0.677. The van der Waals surface area contributed by atoms with E-state index in [4.69, 9.17) is 14.2 Å². The summed E-state index contributed by atoms with van der Waals surface area (Å²) in [6, 6.07) is 8.50. The molecular formula is C18H22FNO5S. The van der Waals surface area contributed by atoms with E-state index in [0.717, 1.165) is 12.1 Å². The van der Waals surface area contributed by atoms with Crippen LogP contribution >= 0.6 is 0 Å². The maximum atomic E-state index is 13.5. The molecule has 0 saturated heterocycles. The molecule has 8 heteroatoms. The van der Waals surface area contributed by atoms with Crippen LogP contribution < -0.4 is 18.9 Å². The zero-order valence-corrected chi connectivity index (χ0v) is 15.7. The number of halogens is 1. The van der Waals surface area contributed by atoms with E-state index in [1.807, 2.05) is 13.8 Å². The molecule has 0 amide bonds. The lowest BCUT2D eigenvalue weighted by Gasteiger charge is -2.14. The van der Waals surface area contributed by atoms with Gasteiger partial charge < -0.3 is 14.2 Å². The summed E-state index contributed by atoms with van der Waals surface area (Å²) in [6.45, 7) is 4.67. The maximum absolute atomic E-state index is 13.5. The standard InChI is InChI=1S/C18H22FNO5S/c1-4-24-15-8-6-13(10-17(15)25-5-2)12-20-26(21,22)18-11-14(19)7-9-16(18)23-3/h6-11,20H,4-5,12H2,1-3H3. The SMILES string of the molecule is CCOc1ccc(CNS(=O)(=O)c2cc(F)ccc2OC)cc1OCC. The predicted molar refractivity (Wildman–Crippen MR) is 95.8 cm³/mol. The van der Waals surface area contributed by atoms with Gasteiger partial charge in [0, 0.05) is 6.54 Å². The molecule has 0 aliphatic heterocycles. The van der Waals surface area contributed by atoms with E-state index in [1.54, 1.807) is 18.2 Å². The van der Waals surface area contributed by atoms with Crippen LogP contribution in [0.15, 0.2) is 41.3 Å². The minimum Gasteiger partial charge on any atom is -0.495 e. The monoisotopic (exact) mass is 383 g/mol. The number of methoxy groups -OCH3 is 1. The Balaban J connectivity index is 2.22. The highest BCUT2D eigenvalue weighted by molar-refractivity contribution is 7.89. The van der Waals surface area contributed by atoms with Crippen molar-refractivity contribution in [2.24, 2.45) is 0 Å². The molecule has 0 aromatic heterocycles. The molecule has 0 atom stereocenters. The Morgan fingerprint density at radius 3 is 2.27 bits per heavy atom. The van der Waals surface area contributed by atoms with E-state index in [-0.39, 0.29) is 17.2 Å². The molecule has 0 bridgehead atoms. The quantitative estimate of drug-likeness (QED) is 0.720. The van der Waals surface area contributed by atoms with Crippen LogP contribution in [0.2, 0.25) is 0 Å². The number of hydrogen-bond donors (Lipinski definition) is 1. The van der Waals surface area contributed by atoms with Crippen LogP contribution in [0.25, 0.3) is 0 Å². The molecule has 0 heterocycles. The molecule has 2 aromatic rings. The molecule has 0 radical (unpaired) electrons. The van der Waals surface area contributed by atoms with Gasteiger partial charge in [-0.2, -0.15) is 0 Å². The summed E-state index contributed by atoms with van der Waals surface area (Å²) in [7, 11) is -2.63. The van der Waals surface area contributed by atoms with Gasteiger partial charge in [-0.25, -0.2) is 17.5 Å². The number of nitrogens with one attached hydrogen (secondary N) is 1. The van der Waals surface area contributed by atoms with Crippen LogP contribution in [-0.2, 0) is 16.6 Å². The van der Waals surface area contributed by atoms with Crippen molar-refractivity contribution in [3.05, 3.63) is 47.8 Å². The van der Waals surface area contributed by atoms with Gasteiger partial charge >= 0.3 is 0 Å². The summed E-state index contributed by atoms with van der Waals surface area (Å²) < 4.78 is 56.9. The third kappa shape index (κ3) is 4.86. The van der Waals surface area contributed by atoms with Crippen molar-refractivity contribution < 1.29 is 27.0 Å².